The number of benzene rings is 1. The summed E-state index contributed by atoms with van der Waals surface area (Å²) in [6.45, 7) is 4.33. The molecule has 1 aromatic heterocycles. The van der Waals surface area contributed by atoms with Crippen LogP contribution in [0.2, 0.25) is 0 Å². The lowest BCUT2D eigenvalue weighted by atomic mass is 9.94. The van der Waals surface area contributed by atoms with Gasteiger partial charge in [0.05, 0.1) is 11.6 Å². The molecule has 0 aliphatic carbocycles. The zero-order valence-corrected chi connectivity index (χ0v) is 10.4. The first-order valence-electron chi connectivity index (χ1n) is 6.24. The average molecular weight is 229 g/mol. The van der Waals surface area contributed by atoms with E-state index in [4.69, 9.17) is 0 Å². The van der Waals surface area contributed by atoms with Crippen molar-refractivity contribution in [1.82, 2.24) is 4.98 Å². The van der Waals surface area contributed by atoms with Gasteiger partial charge in [0.2, 0.25) is 0 Å². The molecule has 1 aromatic carbocycles. The van der Waals surface area contributed by atoms with E-state index < -0.39 is 6.10 Å². The van der Waals surface area contributed by atoms with E-state index in [0.717, 1.165) is 29.3 Å². The fraction of sp³-hybridized carbons (Fsp3) is 0.400. The second kappa shape index (κ2) is 5.28. The zero-order valence-electron chi connectivity index (χ0n) is 10.4. The van der Waals surface area contributed by atoms with Crippen LogP contribution in [0.4, 0.5) is 0 Å². The van der Waals surface area contributed by atoms with Crippen LogP contribution >= 0.6 is 0 Å². The number of aliphatic hydroxyl groups is 1. The van der Waals surface area contributed by atoms with Crippen LogP contribution in [0.25, 0.3) is 10.9 Å². The van der Waals surface area contributed by atoms with Gasteiger partial charge < -0.3 is 5.11 Å². The third kappa shape index (κ3) is 2.64. The molecule has 17 heavy (non-hydrogen) atoms. The lowest BCUT2D eigenvalue weighted by Gasteiger charge is -2.16. The van der Waals surface area contributed by atoms with E-state index in [1.807, 2.05) is 30.3 Å². The maximum Gasteiger partial charge on any atom is 0.0799 e. The van der Waals surface area contributed by atoms with Crippen molar-refractivity contribution in [1.29, 1.82) is 0 Å². The highest BCUT2D eigenvalue weighted by Gasteiger charge is 2.14. The molecule has 1 heterocycles. The Morgan fingerprint density at radius 2 is 2.00 bits per heavy atom. The van der Waals surface area contributed by atoms with Gasteiger partial charge in [0.1, 0.15) is 0 Å². The van der Waals surface area contributed by atoms with E-state index in [0.29, 0.717) is 5.92 Å². The van der Waals surface area contributed by atoms with Crippen LogP contribution in [-0.4, -0.2) is 10.1 Å². The van der Waals surface area contributed by atoms with Crippen molar-refractivity contribution >= 4 is 10.9 Å². The molecule has 0 saturated carbocycles. The molecule has 2 nitrogen and oxygen atoms in total. The Labute approximate surface area is 102 Å². The summed E-state index contributed by atoms with van der Waals surface area (Å²) in [6.07, 6.45) is 3.29. The molecule has 0 amide bonds. The molecule has 2 rings (SSSR count). The third-order valence-electron chi connectivity index (χ3n) is 3.36. The van der Waals surface area contributed by atoms with Gasteiger partial charge in [0.15, 0.2) is 0 Å². The number of rotatable bonds is 4. The molecule has 2 aromatic rings. The SMILES string of the molecule is CCC(C)CC(O)c1ccnc2ccccc12. The number of pyridine rings is 1. The Morgan fingerprint density at radius 1 is 1.24 bits per heavy atom. The Hall–Kier alpha value is -1.41. The monoisotopic (exact) mass is 229 g/mol. The van der Waals surface area contributed by atoms with Crippen LogP contribution in [0, 0.1) is 5.92 Å². The van der Waals surface area contributed by atoms with E-state index in [1.165, 1.54) is 0 Å². The first-order valence-corrected chi connectivity index (χ1v) is 6.24. The quantitative estimate of drug-likeness (QED) is 0.867. The molecule has 0 aliphatic rings. The van der Waals surface area contributed by atoms with Gasteiger partial charge >= 0.3 is 0 Å². The maximum absolute atomic E-state index is 10.3. The van der Waals surface area contributed by atoms with Gasteiger partial charge in [0.25, 0.3) is 0 Å². The number of para-hydroxylation sites is 1. The molecule has 0 spiro atoms. The summed E-state index contributed by atoms with van der Waals surface area (Å²) < 4.78 is 0. The molecule has 90 valence electrons. The van der Waals surface area contributed by atoms with Gasteiger partial charge in [-0.15, -0.1) is 0 Å². The number of hydrogen-bond acceptors (Lipinski definition) is 2. The van der Waals surface area contributed by atoms with Gasteiger partial charge in [-0.25, -0.2) is 0 Å². The minimum Gasteiger partial charge on any atom is -0.388 e. The minimum atomic E-state index is -0.391. The first-order chi connectivity index (χ1) is 8.22. The Kier molecular flexibility index (Phi) is 3.75. The standard InChI is InChI=1S/C15H19NO/c1-3-11(2)10-15(17)13-8-9-16-14-7-5-4-6-12(13)14/h4-9,11,15,17H,3,10H2,1-2H3. The van der Waals surface area contributed by atoms with E-state index in [2.05, 4.69) is 18.8 Å². The summed E-state index contributed by atoms with van der Waals surface area (Å²) >= 11 is 0. The Balaban J connectivity index is 2.34. The van der Waals surface area contributed by atoms with Crippen molar-refractivity contribution in [3.8, 4) is 0 Å². The highest BCUT2D eigenvalue weighted by atomic mass is 16.3. The number of hydrogen-bond donors (Lipinski definition) is 1. The van der Waals surface area contributed by atoms with Crippen molar-refractivity contribution < 1.29 is 5.11 Å². The van der Waals surface area contributed by atoms with Crippen molar-refractivity contribution in [3.63, 3.8) is 0 Å². The second-order valence-electron chi connectivity index (χ2n) is 4.68. The largest absolute Gasteiger partial charge is 0.388 e. The fourth-order valence-electron chi connectivity index (χ4n) is 2.08. The molecule has 0 bridgehead atoms. The summed E-state index contributed by atoms with van der Waals surface area (Å²) in [5.41, 5.74) is 1.95. The van der Waals surface area contributed by atoms with Gasteiger partial charge in [-0.1, -0.05) is 38.5 Å². The van der Waals surface area contributed by atoms with Crippen LogP contribution in [0.1, 0.15) is 38.4 Å². The number of aromatic nitrogens is 1. The molecule has 2 atom stereocenters. The Morgan fingerprint density at radius 3 is 2.76 bits per heavy atom. The lowest BCUT2D eigenvalue weighted by Crippen LogP contribution is -2.04. The molecule has 1 N–H and O–H groups in total. The molecule has 2 heteroatoms. The second-order valence-corrected chi connectivity index (χ2v) is 4.68. The molecule has 2 unspecified atom stereocenters. The van der Waals surface area contributed by atoms with Crippen molar-refractivity contribution in [2.45, 2.75) is 32.8 Å². The van der Waals surface area contributed by atoms with Crippen molar-refractivity contribution in [3.05, 3.63) is 42.1 Å². The molecule has 0 saturated heterocycles. The molecule has 0 aliphatic heterocycles. The Bertz CT molecular complexity index is 490. The third-order valence-corrected chi connectivity index (χ3v) is 3.36. The van der Waals surface area contributed by atoms with E-state index in [9.17, 15) is 5.11 Å². The van der Waals surface area contributed by atoms with Gasteiger partial charge in [0, 0.05) is 11.6 Å². The number of fused-ring (bicyclic) bond motifs is 1. The smallest absolute Gasteiger partial charge is 0.0799 e. The highest BCUT2D eigenvalue weighted by Crippen LogP contribution is 2.27. The summed E-state index contributed by atoms with van der Waals surface area (Å²) in [7, 11) is 0. The first kappa shape index (κ1) is 12.1. The fourth-order valence-corrected chi connectivity index (χ4v) is 2.08. The van der Waals surface area contributed by atoms with Gasteiger partial charge in [-0.05, 0) is 30.0 Å². The van der Waals surface area contributed by atoms with E-state index in [-0.39, 0.29) is 0 Å². The van der Waals surface area contributed by atoms with Crippen LogP contribution in [0.3, 0.4) is 0 Å². The lowest BCUT2D eigenvalue weighted by molar-refractivity contribution is 0.148. The molecular formula is C15H19NO. The van der Waals surface area contributed by atoms with Crippen LogP contribution in [0.15, 0.2) is 36.5 Å². The molecule has 0 radical (unpaired) electrons. The van der Waals surface area contributed by atoms with Crippen molar-refractivity contribution in [2.75, 3.05) is 0 Å². The van der Waals surface area contributed by atoms with Crippen LogP contribution in [0.5, 0.6) is 0 Å². The summed E-state index contributed by atoms with van der Waals surface area (Å²) in [5.74, 6) is 0.539. The predicted molar refractivity (Wildman–Crippen MR) is 70.8 cm³/mol. The summed E-state index contributed by atoms with van der Waals surface area (Å²) in [4.78, 5) is 4.31. The van der Waals surface area contributed by atoms with Gasteiger partial charge in [-0.3, -0.25) is 4.98 Å². The summed E-state index contributed by atoms with van der Waals surface area (Å²) in [5, 5.41) is 11.4. The molecule has 0 fully saturated rings. The van der Waals surface area contributed by atoms with E-state index >= 15 is 0 Å². The topological polar surface area (TPSA) is 33.1 Å². The zero-order chi connectivity index (χ0) is 12.3. The van der Waals surface area contributed by atoms with Crippen LogP contribution in [-0.2, 0) is 0 Å². The normalized spacial score (nSPS) is 14.8. The number of aliphatic hydroxyl groups excluding tert-OH is 1. The average Bonchev–Trinajstić information content (AvgIpc) is 2.37. The van der Waals surface area contributed by atoms with Gasteiger partial charge in [-0.2, -0.15) is 0 Å². The molecular weight excluding hydrogens is 210 g/mol. The number of nitrogens with zero attached hydrogens (tertiary/aromatic N) is 1. The van der Waals surface area contributed by atoms with E-state index in [1.54, 1.807) is 6.20 Å². The minimum absolute atomic E-state index is 0.391. The highest BCUT2D eigenvalue weighted by molar-refractivity contribution is 5.82. The predicted octanol–water partition coefficient (Wildman–Crippen LogP) is 3.70. The van der Waals surface area contributed by atoms with Crippen LogP contribution < -0.4 is 0 Å². The van der Waals surface area contributed by atoms with Crippen molar-refractivity contribution in [2.24, 2.45) is 5.92 Å². The summed E-state index contributed by atoms with van der Waals surface area (Å²) in [6, 6.07) is 9.89. The maximum atomic E-state index is 10.3.